The maximum Gasteiger partial charge on any atom is 0.303 e. The van der Waals surface area contributed by atoms with Crippen molar-refractivity contribution in [2.24, 2.45) is 0 Å². The molecule has 0 bridgehead atoms. The van der Waals surface area contributed by atoms with Crippen LogP contribution in [0, 0.1) is 11.6 Å². The molecule has 0 aliphatic heterocycles. The zero-order valence-electron chi connectivity index (χ0n) is 11.2. The number of carbonyl (C=O) groups is 2. The number of aryl methyl sites for hydroxylation is 1. The average Bonchev–Trinajstić information content (AvgIpc) is 2.37. The fraction of sp³-hybridized carbons (Fsp3) is 0.429. The lowest BCUT2D eigenvalue weighted by atomic mass is 10.1. The van der Waals surface area contributed by atoms with Gasteiger partial charge in [-0.2, -0.15) is 0 Å². The number of carboxylic acid groups (broad SMARTS) is 1. The second-order valence-electron chi connectivity index (χ2n) is 4.64. The molecule has 1 atom stereocenters. The van der Waals surface area contributed by atoms with Crippen LogP contribution in [0.25, 0.3) is 0 Å². The van der Waals surface area contributed by atoms with E-state index in [0.717, 1.165) is 18.2 Å². The number of aliphatic carboxylic acids is 1. The Morgan fingerprint density at radius 3 is 2.65 bits per heavy atom. The van der Waals surface area contributed by atoms with Gasteiger partial charge in [0.05, 0.1) is 0 Å². The normalized spacial score (nSPS) is 11.9. The van der Waals surface area contributed by atoms with Gasteiger partial charge < -0.3 is 10.4 Å². The third-order valence-electron chi connectivity index (χ3n) is 2.83. The molecule has 1 aromatic rings. The van der Waals surface area contributed by atoms with E-state index < -0.39 is 17.6 Å². The summed E-state index contributed by atoms with van der Waals surface area (Å²) in [4.78, 5) is 22.0. The van der Waals surface area contributed by atoms with Gasteiger partial charge in [0.15, 0.2) is 0 Å². The second-order valence-corrected chi connectivity index (χ2v) is 4.64. The second kappa shape index (κ2) is 7.57. The van der Waals surface area contributed by atoms with Crippen LogP contribution >= 0.6 is 0 Å². The smallest absolute Gasteiger partial charge is 0.303 e. The van der Waals surface area contributed by atoms with E-state index in [2.05, 4.69) is 5.32 Å². The van der Waals surface area contributed by atoms with Crippen LogP contribution in [-0.4, -0.2) is 23.0 Å². The van der Waals surface area contributed by atoms with Gasteiger partial charge in [-0.1, -0.05) is 0 Å². The van der Waals surface area contributed by atoms with Crippen LogP contribution in [0.2, 0.25) is 0 Å². The van der Waals surface area contributed by atoms with Crippen molar-refractivity contribution in [2.75, 3.05) is 0 Å². The summed E-state index contributed by atoms with van der Waals surface area (Å²) in [6.07, 6.45) is 0.425. The van der Waals surface area contributed by atoms with Gasteiger partial charge in [-0.3, -0.25) is 9.59 Å². The molecule has 1 unspecified atom stereocenters. The fourth-order valence-corrected chi connectivity index (χ4v) is 1.74. The predicted octanol–water partition coefficient (Wildman–Crippen LogP) is 2.27. The lowest BCUT2D eigenvalue weighted by Gasteiger charge is -2.12. The lowest BCUT2D eigenvalue weighted by Crippen LogP contribution is -2.33. The molecular weight excluding hydrogens is 268 g/mol. The molecule has 6 heteroatoms. The highest BCUT2D eigenvalue weighted by Crippen LogP contribution is 2.11. The first-order valence-corrected chi connectivity index (χ1v) is 6.33. The molecule has 0 spiro atoms. The van der Waals surface area contributed by atoms with Gasteiger partial charge in [0.25, 0.3) is 0 Å². The van der Waals surface area contributed by atoms with Crippen LogP contribution in [0.1, 0.15) is 31.7 Å². The molecule has 20 heavy (non-hydrogen) atoms. The minimum atomic E-state index is -0.923. The first-order chi connectivity index (χ1) is 9.38. The van der Waals surface area contributed by atoms with Crippen LogP contribution in [0.5, 0.6) is 0 Å². The van der Waals surface area contributed by atoms with Crippen molar-refractivity contribution in [2.45, 2.75) is 38.6 Å². The van der Waals surface area contributed by atoms with E-state index >= 15 is 0 Å². The first-order valence-electron chi connectivity index (χ1n) is 6.33. The third-order valence-corrected chi connectivity index (χ3v) is 2.83. The zero-order valence-corrected chi connectivity index (χ0v) is 11.2. The van der Waals surface area contributed by atoms with Gasteiger partial charge in [-0.05, 0) is 43.5 Å². The molecule has 0 aliphatic rings. The molecule has 0 aromatic heterocycles. The Balaban J connectivity index is 2.39. The summed E-state index contributed by atoms with van der Waals surface area (Å²) in [6.45, 7) is 1.70. The number of benzene rings is 1. The Labute approximate surface area is 115 Å². The maximum absolute atomic E-state index is 13.3. The van der Waals surface area contributed by atoms with Crippen LogP contribution in [0.3, 0.4) is 0 Å². The van der Waals surface area contributed by atoms with Crippen LogP contribution in [0.4, 0.5) is 8.78 Å². The molecular formula is C14H17F2NO3. The highest BCUT2D eigenvalue weighted by molar-refractivity contribution is 5.76. The molecule has 0 aliphatic carbocycles. The van der Waals surface area contributed by atoms with Crippen LogP contribution in [0.15, 0.2) is 18.2 Å². The van der Waals surface area contributed by atoms with Crippen molar-refractivity contribution < 1.29 is 23.5 Å². The van der Waals surface area contributed by atoms with Gasteiger partial charge in [-0.25, -0.2) is 8.78 Å². The molecule has 0 heterocycles. The highest BCUT2D eigenvalue weighted by Gasteiger charge is 2.11. The number of hydrogen-bond donors (Lipinski definition) is 2. The summed E-state index contributed by atoms with van der Waals surface area (Å²) in [6, 6.07) is 2.84. The Bertz CT molecular complexity index is 491. The van der Waals surface area contributed by atoms with E-state index in [9.17, 15) is 18.4 Å². The first kappa shape index (κ1) is 16.1. The molecule has 1 aromatic carbocycles. The fourth-order valence-electron chi connectivity index (χ4n) is 1.74. The van der Waals surface area contributed by atoms with E-state index in [4.69, 9.17) is 5.11 Å². The summed E-state index contributed by atoms with van der Waals surface area (Å²) in [5, 5.41) is 11.1. The summed E-state index contributed by atoms with van der Waals surface area (Å²) in [5.41, 5.74) is 0.151. The van der Waals surface area contributed by atoms with Crippen molar-refractivity contribution in [3.05, 3.63) is 35.4 Å². The number of carboxylic acids is 1. The highest BCUT2D eigenvalue weighted by atomic mass is 19.1. The zero-order chi connectivity index (χ0) is 15.1. The molecule has 2 N–H and O–H groups in total. The van der Waals surface area contributed by atoms with E-state index in [1.165, 1.54) is 0 Å². The van der Waals surface area contributed by atoms with Crippen molar-refractivity contribution in [3.63, 3.8) is 0 Å². The van der Waals surface area contributed by atoms with Crippen molar-refractivity contribution in [3.8, 4) is 0 Å². The molecule has 110 valence electrons. The topological polar surface area (TPSA) is 66.4 Å². The molecule has 0 radical (unpaired) electrons. The summed E-state index contributed by atoms with van der Waals surface area (Å²) < 4.78 is 26.3. The minimum Gasteiger partial charge on any atom is -0.481 e. The average molecular weight is 285 g/mol. The van der Waals surface area contributed by atoms with E-state index in [0.29, 0.717) is 6.42 Å². The Morgan fingerprint density at radius 2 is 2.00 bits per heavy atom. The van der Waals surface area contributed by atoms with Gasteiger partial charge in [0.1, 0.15) is 11.6 Å². The van der Waals surface area contributed by atoms with Gasteiger partial charge in [-0.15, -0.1) is 0 Å². The van der Waals surface area contributed by atoms with Crippen molar-refractivity contribution in [1.82, 2.24) is 5.32 Å². The number of halogens is 2. The molecule has 4 nitrogen and oxygen atoms in total. The molecule has 1 amide bonds. The van der Waals surface area contributed by atoms with E-state index in [1.54, 1.807) is 6.92 Å². The van der Waals surface area contributed by atoms with E-state index in [1.807, 2.05) is 0 Å². The van der Waals surface area contributed by atoms with Crippen molar-refractivity contribution >= 4 is 11.9 Å². The quantitative estimate of drug-likeness (QED) is 0.807. The Morgan fingerprint density at radius 1 is 1.30 bits per heavy atom. The third kappa shape index (κ3) is 5.77. The standard InChI is InChI=1S/C14H17F2NO3/c1-9(2-7-14(19)20)17-13(18)6-3-10-8-11(15)4-5-12(10)16/h4-5,8-9H,2-3,6-7H2,1H3,(H,17,18)(H,19,20). The van der Waals surface area contributed by atoms with E-state index in [-0.39, 0.29) is 36.8 Å². The van der Waals surface area contributed by atoms with Gasteiger partial charge >= 0.3 is 5.97 Å². The number of hydrogen-bond acceptors (Lipinski definition) is 2. The summed E-state index contributed by atoms with van der Waals surface area (Å²) in [5.74, 6) is -2.32. The molecule has 0 saturated carbocycles. The number of rotatable bonds is 7. The van der Waals surface area contributed by atoms with Gasteiger partial charge in [0, 0.05) is 18.9 Å². The lowest BCUT2D eigenvalue weighted by molar-refractivity contribution is -0.137. The number of amides is 1. The monoisotopic (exact) mass is 285 g/mol. The van der Waals surface area contributed by atoms with Crippen LogP contribution in [-0.2, 0) is 16.0 Å². The minimum absolute atomic E-state index is 0.0256. The Kier molecular flexibility index (Phi) is 6.09. The largest absolute Gasteiger partial charge is 0.481 e. The molecule has 0 fully saturated rings. The predicted molar refractivity (Wildman–Crippen MR) is 69.2 cm³/mol. The number of carbonyl (C=O) groups excluding carboxylic acids is 1. The Hall–Kier alpha value is -1.98. The number of nitrogens with one attached hydrogen (secondary N) is 1. The molecule has 0 saturated heterocycles. The maximum atomic E-state index is 13.3. The van der Waals surface area contributed by atoms with Gasteiger partial charge in [0.2, 0.25) is 5.91 Å². The van der Waals surface area contributed by atoms with Crippen molar-refractivity contribution in [1.29, 1.82) is 0 Å². The summed E-state index contributed by atoms with van der Waals surface area (Å²) in [7, 11) is 0. The summed E-state index contributed by atoms with van der Waals surface area (Å²) >= 11 is 0. The SMILES string of the molecule is CC(CCC(=O)O)NC(=O)CCc1cc(F)ccc1F. The molecule has 1 rings (SSSR count). The van der Waals surface area contributed by atoms with Crippen LogP contribution < -0.4 is 5.32 Å².